The highest BCUT2D eigenvalue weighted by Crippen LogP contribution is 2.17. The maximum Gasteiger partial charge on any atom is 0.159 e. The molecule has 3 rings (SSSR count). The van der Waals surface area contributed by atoms with E-state index in [-0.39, 0.29) is 0 Å². The van der Waals surface area contributed by atoms with Crippen molar-refractivity contribution in [1.29, 1.82) is 0 Å². The summed E-state index contributed by atoms with van der Waals surface area (Å²) in [5.41, 5.74) is 2.20. The fourth-order valence-electron chi connectivity index (χ4n) is 2.92. The van der Waals surface area contributed by atoms with Crippen molar-refractivity contribution in [2.45, 2.75) is 52.9 Å². The van der Waals surface area contributed by atoms with E-state index in [4.69, 9.17) is 4.74 Å². The fraction of sp³-hybridized carbons (Fsp3) is 0.667. The van der Waals surface area contributed by atoms with Crippen LogP contribution in [0, 0.1) is 6.92 Å². The number of aromatic nitrogens is 5. The highest BCUT2D eigenvalue weighted by molar-refractivity contribution is 5.07. The van der Waals surface area contributed by atoms with E-state index in [0.717, 1.165) is 49.1 Å². The third kappa shape index (κ3) is 3.20. The first-order chi connectivity index (χ1) is 10.7. The van der Waals surface area contributed by atoms with E-state index in [1.165, 1.54) is 0 Å². The zero-order chi connectivity index (χ0) is 15.5. The average Bonchev–Trinajstić information content (AvgIpc) is 3.03. The molecule has 0 unspecified atom stereocenters. The monoisotopic (exact) mass is 304 g/mol. The van der Waals surface area contributed by atoms with E-state index >= 15 is 0 Å². The van der Waals surface area contributed by atoms with Crippen LogP contribution in [0.15, 0.2) is 6.07 Å². The van der Waals surface area contributed by atoms with Crippen LogP contribution < -0.4 is 0 Å². The zero-order valence-electron chi connectivity index (χ0n) is 13.5. The Morgan fingerprint density at radius 2 is 2.23 bits per heavy atom. The number of fused-ring (bicyclic) bond motifs is 1. The van der Waals surface area contributed by atoms with Gasteiger partial charge in [-0.05, 0) is 26.8 Å². The molecule has 1 aliphatic rings. The molecule has 0 aromatic carbocycles. The van der Waals surface area contributed by atoms with Crippen LogP contribution in [-0.4, -0.2) is 49.1 Å². The van der Waals surface area contributed by atoms with E-state index in [9.17, 15) is 0 Å². The van der Waals surface area contributed by atoms with Gasteiger partial charge in [0.15, 0.2) is 5.82 Å². The molecule has 0 saturated heterocycles. The summed E-state index contributed by atoms with van der Waals surface area (Å²) in [6, 6.07) is 2.53. The van der Waals surface area contributed by atoms with Crippen LogP contribution >= 0.6 is 0 Å². The van der Waals surface area contributed by atoms with Crippen molar-refractivity contribution >= 4 is 0 Å². The van der Waals surface area contributed by atoms with E-state index in [1.54, 1.807) is 0 Å². The summed E-state index contributed by atoms with van der Waals surface area (Å²) in [7, 11) is 0. The van der Waals surface area contributed by atoms with Gasteiger partial charge in [-0.1, -0.05) is 0 Å². The summed E-state index contributed by atoms with van der Waals surface area (Å²) in [6.07, 6.45) is 0.905. The predicted molar refractivity (Wildman–Crippen MR) is 82.3 cm³/mol. The molecule has 0 saturated carbocycles. The van der Waals surface area contributed by atoms with E-state index < -0.39 is 0 Å². The normalized spacial score (nSPS) is 19.1. The zero-order valence-corrected chi connectivity index (χ0v) is 13.5. The lowest BCUT2D eigenvalue weighted by Crippen LogP contribution is -2.34. The van der Waals surface area contributed by atoms with Gasteiger partial charge in [0.25, 0.3) is 0 Å². The minimum Gasteiger partial charge on any atom is -0.374 e. The van der Waals surface area contributed by atoms with Gasteiger partial charge in [0.2, 0.25) is 0 Å². The molecule has 2 aromatic rings. The highest BCUT2D eigenvalue weighted by Gasteiger charge is 2.24. The van der Waals surface area contributed by atoms with Crippen LogP contribution in [0.5, 0.6) is 0 Å². The minimum atomic E-state index is 0.419. The summed E-state index contributed by atoms with van der Waals surface area (Å²) in [5.74, 6) is 1.99. The van der Waals surface area contributed by atoms with Gasteiger partial charge in [0.05, 0.1) is 5.69 Å². The van der Waals surface area contributed by atoms with Crippen molar-refractivity contribution in [2.75, 3.05) is 13.2 Å². The molecule has 0 radical (unpaired) electrons. The molecule has 1 aliphatic heterocycles. The van der Waals surface area contributed by atoms with E-state index in [0.29, 0.717) is 19.3 Å². The molecular weight excluding hydrogens is 280 g/mol. The summed E-state index contributed by atoms with van der Waals surface area (Å²) in [6.45, 7) is 10.2. The van der Waals surface area contributed by atoms with Crippen molar-refractivity contribution in [3.63, 3.8) is 0 Å². The van der Waals surface area contributed by atoms with Crippen LogP contribution in [-0.2, 0) is 30.9 Å². The number of nitrogens with zero attached hydrogens (tertiary/aromatic N) is 5. The Kier molecular flexibility index (Phi) is 4.54. The molecule has 7 heteroatoms. The third-order valence-electron chi connectivity index (χ3n) is 4.18. The van der Waals surface area contributed by atoms with Crippen molar-refractivity contribution < 1.29 is 4.74 Å². The van der Waals surface area contributed by atoms with Gasteiger partial charge >= 0.3 is 0 Å². The Hall–Kier alpha value is -1.73. The van der Waals surface area contributed by atoms with E-state index in [2.05, 4.69) is 42.9 Å². The lowest BCUT2D eigenvalue weighted by Gasteiger charge is -2.25. The van der Waals surface area contributed by atoms with Crippen molar-refractivity contribution in [1.82, 2.24) is 29.9 Å². The average molecular weight is 304 g/mol. The Labute approximate surface area is 130 Å². The molecule has 2 aromatic heterocycles. The Morgan fingerprint density at radius 3 is 2.95 bits per heavy atom. The second-order valence-electron chi connectivity index (χ2n) is 5.89. The highest BCUT2D eigenvalue weighted by atomic mass is 16.5. The summed E-state index contributed by atoms with van der Waals surface area (Å²) < 4.78 is 7.70. The third-order valence-corrected chi connectivity index (χ3v) is 4.18. The van der Waals surface area contributed by atoms with Crippen molar-refractivity contribution in [3.8, 4) is 0 Å². The molecular formula is C15H24N6O. The van der Waals surface area contributed by atoms with Crippen LogP contribution in [0.3, 0.4) is 0 Å². The lowest BCUT2D eigenvalue weighted by atomic mass is 10.2. The first-order valence-electron chi connectivity index (χ1n) is 7.91. The molecule has 0 bridgehead atoms. The Morgan fingerprint density at radius 1 is 1.36 bits per heavy atom. The van der Waals surface area contributed by atoms with Gasteiger partial charge in [0.1, 0.15) is 12.4 Å². The first kappa shape index (κ1) is 15.2. The maximum atomic E-state index is 5.49. The number of aromatic amines is 1. The summed E-state index contributed by atoms with van der Waals surface area (Å²) in [5, 5.41) is 16.0. The number of nitrogens with one attached hydrogen (secondary N) is 1. The molecule has 3 heterocycles. The number of ether oxygens (including phenoxy) is 1. The van der Waals surface area contributed by atoms with Crippen LogP contribution in [0.4, 0.5) is 0 Å². The summed E-state index contributed by atoms with van der Waals surface area (Å²) >= 11 is 0. The SMILES string of the molecule is CCOCc1nnc2n1CCN(Cc1cc(C)[nH]n1)[C@@H](C)C2. The molecule has 0 aliphatic carbocycles. The van der Waals surface area contributed by atoms with Gasteiger partial charge in [-0.15, -0.1) is 10.2 Å². The molecule has 120 valence electrons. The lowest BCUT2D eigenvalue weighted by molar-refractivity contribution is 0.124. The molecule has 1 N–H and O–H groups in total. The second-order valence-corrected chi connectivity index (χ2v) is 5.89. The molecule has 0 amide bonds. The molecule has 0 fully saturated rings. The fourth-order valence-corrected chi connectivity index (χ4v) is 2.92. The van der Waals surface area contributed by atoms with Crippen molar-refractivity contribution in [3.05, 3.63) is 29.1 Å². The van der Waals surface area contributed by atoms with Gasteiger partial charge in [-0.3, -0.25) is 10.00 Å². The molecule has 22 heavy (non-hydrogen) atoms. The topological polar surface area (TPSA) is 71.9 Å². The quantitative estimate of drug-likeness (QED) is 0.901. The second kappa shape index (κ2) is 6.58. The Balaban J connectivity index is 1.70. The van der Waals surface area contributed by atoms with E-state index in [1.807, 2.05) is 13.8 Å². The maximum absolute atomic E-state index is 5.49. The van der Waals surface area contributed by atoms with Gasteiger partial charge in [-0.25, -0.2) is 0 Å². The van der Waals surface area contributed by atoms with Crippen LogP contribution in [0.1, 0.15) is 36.9 Å². The van der Waals surface area contributed by atoms with Crippen molar-refractivity contribution in [2.24, 2.45) is 0 Å². The Bertz CT molecular complexity index is 619. The number of hydrogen-bond acceptors (Lipinski definition) is 5. The summed E-state index contributed by atoms with van der Waals surface area (Å²) in [4.78, 5) is 2.45. The number of rotatable bonds is 5. The van der Waals surface area contributed by atoms with Crippen LogP contribution in [0.25, 0.3) is 0 Å². The molecule has 0 spiro atoms. The smallest absolute Gasteiger partial charge is 0.159 e. The predicted octanol–water partition coefficient (Wildman–Crippen LogP) is 1.29. The van der Waals surface area contributed by atoms with Gasteiger partial charge in [-0.2, -0.15) is 5.10 Å². The first-order valence-corrected chi connectivity index (χ1v) is 7.91. The number of H-pyrrole nitrogens is 1. The number of hydrogen-bond donors (Lipinski definition) is 1. The largest absolute Gasteiger partial charge is 0.374 e. The van der Waals surface area contributed by atoms with Gasteiger partial charge in [0, 0.05) is 44.4 Å². The standard InChI is InChI=1S/C15H24N6O/c1-4-22-10-15-19-18-14-8-12(3)20(5-6-21(14)15)9-13-7-11(2)16-17-13/h7,12H,4-6,8-10H2,1-3H3,(H,16,17)/t12-/m0/s1. The molecule has 1 atom stereocenters. The minimum absolute atomic E-state index is 0.419. The molecule has 7 nitrogen and oxygen atoms in total. The van der Waals surface area contributed by atoms with Crippen LogP contribution in [0.2, 0.25) is 0 Å². The van der Waals surface area contributed by atoms with Gasteiger partial charge < -0.3 is 9.30 Å². The number of aryl methyl sites for hydroxylation is 1.